The Hall–Kier alpha value is -0.830. The van der Waals surface area contributed by atoms with E-state index in [9.17, 15) is 0 Å². The number of hydrogen-bond donors (Lipinski definition) is 1. The summed E-state index contributed by atoms with van der Waals surface area (Å²) in [5, 5.41) is 4.43. The van der Waals surface area contributed by atoms with E-state index in [2.05, 4.69) is 39.0 Å². The van der Waals surface area contributed by atoms with E-state index in [1.807, 2.05) is 11.7 Å². The number of nitrogens with two attached hydrogens (primary N) is 1. The largest absolute Gasteiger partial charge is 0.324 e. The van der Waals surface area contributed by atoms with Crippen LogP contribution in [0, 0.1) is 5.41 Å². The maximum Gasteiger partial charge on any atom is 0.0669 e. The molecule has 3 heteroatoms. The number of hydrogen-bond acceptors (Lipinski definition) is 2. The molecule has 1 unspecified atom stereocenters. The normalized spacial score (nSPS) is 14.1. The minimum absolute atomic E-state index is 0.128. The summed E-state index contributed by atoms with van der Waals surface area (Å²) >= 11 is 0. The third-order valence-corrected chi connectivity index (χ3v) is 2.88. The van der Waals surface area contributed by atoms with Gasteiger partial charge in [-0.15, -0.1) is 0 Å². The first-order chi connectivity index (χ1) is 7.33. The van der Waals surface area contributed by atoms with Crippen molar-refractivity contribution in [1.82, 2.24) is 9.78 Å². The van der Waals surface area contributed by atoms with Crippen LogP contribution in [0.5, 0.6) is 0 Å². The topological polar surface area (TPSA) is 43.8 Å². The number of rotatable bonds is 4. The van der Waals surface area contributed by atoms with Crippen molar-refractivity contribution in [3.05, 3.63) is 17.5 Å². The van der Waals surface area contributed by atoms with Crippen LogP contribution in [0.15, 0.2) is 6.20 Å². The molecule has 2 N–H and O–H groups in total. The summed E-state index contributed by atoms with van der Waals surface area (Å²) in [5.41, 5.74) is 8.95. The van der Waals surface area contributed by atoms with Crippen LogP contribution in [0.2, 0.25) is 0 Å². The molecular weight excluding hydrogens is 198 g/mol. The molecule has 0 aliphatic rings. The molecule has 0 fully saturated rings. The van der Waals surface area contributed by atoms with Crippen molar-refractivity contribution in [2.45, 2.75) is 53.0 Å². The SMILES string of the molecule is CCc1nn(C)cc1C(N)CCC(C)(C)C. The standard InChI is InChI=1S/C13H25N3/c1-6-12-10(9-16(5)15-12)11(14)7-8-13(2,3)4/h9,11H,6-8,14H2,1-5H3. The van der Waals surface area contributed by atoms with E-state index in [0.29, 0.717) is 5.41 Å². The molecule has 0 aromatic carbocycles. The first-order valence-corrected chi connectivity index (χ1v) is 6.11. The molecular formula is C13H25N3. The third kappa shape index (κ3) is 3.63. The maximum absolute atomic E-state index is 6.24. The first kappa shape index (κ1) is 13.2. The average Bonchev–Trinajstić information content (AvgIpc) is 2.55. The van der Waals surface area contributed by atoms with Crippen LogP contribution in [-0.2, 0) is 13.5 Å². The Morgan fingerprint density at radius 3 is 2.56 bits per heavy atom. The molecule has 92 valence electrons. The zero-order valence-electron chi connectivity index (χ0n) is 11.2. The van der Waals surface area contributed by atoms with Gasteiger partial charge < -0.3 is 5.73 Å². The van der Waals surface area contributed by atoms with Gasteiger partial charge in [-0.2, -0.15) is 5.10 Å². The van der Waals surface area contributed by atoms with E-state index in [-0.39, 0.29) is 6.04 Å². The Labute approximate surface area is 99.0 Å². The molecule has 1 aromatic rings. The lowest BCUT2D eigenvalue weighted by molar-refractivity contribution is 0.349. The molecule has 0 bridgehead atoms. The molecule has 0 radical (unpaired) electrons. The van der Waals surface area contributed by atoms with Crippen molar-refractivity contribution in [1.29, 1.82) is 0 Å². The molecule has 0 saturated carbocycles. The molecule has 0 aliphatic carbocycles. The van der Waals surface area contributed by atoms with Crippen LogP contribution in [0.4, 0.5) is 0 Å². The van der Waals surface area contributed by atoms with Gasteiger partial charge in [0.25, 0.3) is 0 Å². The highest BCUT2D eigenvalue weighted by molar-refractivity contribution is 5.20. The summed E-state index contributed by atoms with van der Waals surface area (Å²) in [6.07, 6.45) is 5.19. The molecule has 1 atom stereocenters. The summed E-state index contributed by atoms with van der Waals surface area (Å²) in [4.78, 5) is 0. The second-order valence-corrected chi connectivity index (χ2v) is 5.76. The molecule has 3 nitrogen and oxygen atoms in total. The maximum atomic E-state index is 6.24. The van der Waals surface area contributed by atoms with E-state index in [1.165, 1.54) is 5.56 Å². The fourth-order valence-electron chi connectivity index (χ4n) is 1.88. The van der Waals surface area contributed by atoms with Gasteiger partial charge in [-0.05, 0) is 24.7 Å². The molecule has 0 aliphatic heterocycles. The van der Waals surface area contributed by atoms with Gasteiger partial charge in [0.2, 0.25) is 0 Å². The first-order valence-electron chi connectivity index (χ1n) is 6.11. The Morgan fingerprint density at radius 1 is 1.44 bits per heavy atom. The van der Waals surface area contributed by atoms with Crippen LogP contribution < -0.4 is 5.73 Å². The van der Waals surface area contributed by atoms with Crippen molar-refractivity contribution in [2.75, 3.05) is 0 Å². The number of nitrogens with zero attached hydrogens (tertiary/aromatic N) is 2. The molecule has 1 heterocycles. The van der Waals surface area contributed by atoms with Gasteiger partial charge in [-0.3, -0.25) is 4.68 Å². The molecule has 1 aromatic heterocycles. The minimum atomic E-state index is 0.128. The van der Waals surface area contributed by atoms with Gasteiger partial charge in [-0.1, -0.05) is 27.7 Å². The average molecular weight is 223 g/mol. The quantitative estimate of drug-likeness (QED) is 0.853. The van der Waals surface area contributed by atoms with Crippen molar-refractivity contribution in [2.24, 2.45) is 18.2 Å². The highest BCUT2D eigenvalue weighted by Gasteiger charge is 2.17. The summed E-state index contributed by atoms with van der Waals surface area (Å²) in [5.74, 6) is 0. The molecule has 16 heavy (non-hydrogen) atoms. The Kier molecular flexibility index (Phi) is 4.14. The zero-order chi connectivity index (χ0) is 12.3. The van der Waals surface area contributed by atoms with Gasteiger partial charge in [0.15, 0.2) is 0 Å². The Morgan fingerprint density at radius 2 is 2.06 bits per heavy atom. The lowest BCUT2D eigenvalue weighted by atomic mass is 9.87. The molecule has 1 rings (SSSR count). The predicted octanol–water partition coefficient (Wildman–Crippen LogP) is 2.81. The van der Waals surface area contributed by atoms with E-state index in [1.54, 1.807) is 0 Å². The Bertz CT molecular complexity index is 333. The van der Waals surface area contributed by atoms with E-state index < -0.39 is 0 Å². The fourth-order valence-corrected chi connectivity index (χ4v) is 1.88. The zero-order valence-corrected chi connectivity index (χ0v) is 11.2. The van der Waals surface area contributed by atoms with Crippen molar-refractivity contribution < 1.29 is 0 Å². The van der Waals surface area contributed by atoms with E-state index in [4.69, 9.17) is 5.73 Å². The highest BCUT2D eigenvalue weighted by atomic mass is 15.3. The lowest BCUT2D eigenvalue weighted by Crippen LogP contribution is -2.15. The van der Waals surface area contributed by atoms with E-state index in [0.717, 1.165) is 25.0 Å². The van der Waals surface area contributed by atoms with Crippen molar-refractivity contribution in [3.63, 3.8) is 0 Å². The monoisotopic (exact) mass is 223 g/mol. The van der Waals surface area contributed by atoms with Gasteiger partial charge in [-0.25, -0.2) is 0 Å². The lowest BCUT2D eigenvalue weighted by Gasteiger charge is -2.20. The number of aromatic nitrogens is 2. The highest BCUT2D eigenvalue weighted by Crippen LogP contribution is 2.27. The second kappa shape index (κ2) is 5.00. The van der Waals surface area contributed by atoms with Crippen LogP contribution in [-0.4, -0.2) is 9.78 Å². The summed E-state index contributed by atoms with van der Waals surface area (Å²) in [6.45, 7) is 8.89. The summed E-state index contributed by atoms with van der Waals surface area (Å²) < 4.78 is 1.87. The van der Waals surface area contributed by atoms with Crippen LogP contribution in [0.3, 0.4) is 0 Å². The predicted molar refractivity (Wildman–Crippen MR) is 68.2 cm³/mol. The van der Waals surface area contributed by atoms with Gasteiger partial charge in [0.05, 0.1) is 5.69 Å². The molecule has 0 spiro atoms. The summed E-state index contributed by atoms with van der Waals surface area (Å²) in [6, 6.07) is 0.128. The summed E-state index contributed by atoms with van der Waals surface area (Å²) in [7, 11) is 1.96. The number of aryl methyl sites for hydroxylation is 2. The molecule has 0 saturated heterocycles. The van der Waals surface area contributed by atoms with Gasteiger partial charge in [0.1, 0.15) is 0 Å². The molecule has 0 amide bonds. The van der Waals surface area contributed by atoms with Gasteiger partial charge in [0, 0.05) is 24.8 Å². The van der Waals surface area contributed by atoms with Crippen molar-refractivity contribution in [3.8, 4) is 0 Å². The van der Waals surface area contributed by atoms with Crippen LogP contribution in [0.25, 0.3) is 0 Å². The van der Waals surface area contributed by atoms with Crippen LogP contribution >= 0.6 is 0 Å². The second-order valence-electron chi connectivity index (χ2n) is 5.76. The fraction of sp³-hybridized carbons (Fsp3) is 0.769. The Balaban J connectivity index is 2.68. The minimum Gasteiger partial charge on any atom is -0.324 e. The van der Waals surface area contributed by atoms with Crippen molar-refractivity contribution >= 4 is 0 Å². The third-order valence-electron chi connectivity index (χ3n) is 2.88. The van der Waals surface area contributed by atoms with Gasteiger partial charge >= 0.3 is 0 Å². The van der Waals surface area contributed by atoms with Crippen LogP contribution in [0.1, 0.15) is 57.8 Å². The van der Waals surface area contributed by atoms with E-state index >= 15 is 0 Å². The smallest absolute Gasteiger partial charge is 0.0669 e.